The molecule has 0 aliphatic heterocycles. The number of rotatable bonds is 4. The van der Waals surface area contributed by atoms with Gasteiger partial charge in [-0.05, 0) is 60.1 Å². The number of nitrogens with zero attached hydrogens (tertiary/aromatic N) is 1. The molecule has 0 fully saturated rings. The second-order valence-electron chi connectivity index (χ2n) is 5.29. The zero-order valence-electron chi connectivity index (χ0n) is 13.4. The summed E-state index contributed by atoms with van der Waals surface area (Å²) in [4.78, 5) is 24.5. The number of aromatic nitrogens is 1. The molecule has 2 aromatic heterocycles. The van der Waals surface area contributed by atoms with Gasteiger partial charge in [-0.3, -0.25) is 9.59 Å². The smallest absolute Gasteiger partial charge is 0.291 e. The van der Waals surface area contributed by atoms with E-state index in [2.05, 4.69) is 31.7 Å². The lowest BCUT2D eigenvalue weighted by molar-refractivity contribution is 0.0992. The summed E-state index contributed by atoms with van der Waals surface area (Å²) in [6, 6.07) is 9.75. The van der Waals surface area contributed by atoms with Gasteiger partial charge < -0.3 is 19.6 Å². The largest absolute Gasteiger partial charge is 0.444 e. The Balaban J connectivity index is 1.75. The second kappa shape index (κ2) is 6.94. The van der Waals surface area contributed by atoms with Crippen molar-refractivity contribution in [2.45, 2.75) is 13.8 Å². The van der Waals surface area contributed by atoms with Gasteiger partial charge in [-0.1, -0.05) is 11.2 Å². The van der Waals surface area contributed by atoms with E-state index in [0.717, 1.165) is 0 Å². The van der Waals surface area contributed by atoms with Crippen molar-refractivity contribution in [3.63, 3.8) is 0 Å². The Morgan fingerprint density at radius 2 is 1.88 bits per heavy atom. The number of halogens is 1. The van der Waals surface area contributed by atoms with Gasteiger partial charge in [0.25, 0.3) is 11.8 Å². The average Bonchev–Trinajstić information content (AvgIpc) is 3.16. The van der Waals surface area contributed by atoms with E-state index < -0.39 is 5.91 Å². The van der Waals surface area contributed by atoms with Crippen molar-refractivity contribution in [2.24, 2.45) is 0 Å². The first-order valence-electron chi connectivity index (χ1n) is 7.35. The van der Waals surface area contributed by atoms with E-state index in [9.17, 15) is 9.59 Å². The number of carbonyl (C=O) groups excluding carboxylic acids is 2. The van der Waals surface area contributed by atoms with Gasteiger partial charge in [0, 0.05) is 11.3 Å². The summed E-state index contributed by atoms with van der Waals surface area (Å²) in [6.45, 7) is 3.46. The molecule has 0 bridgehead atoms. The summed E-state index contributed by atoms with van der Waals surface area (Å²) in [7, 11) is 0. The molecule has 0 radical (unpaired) electrons. The van der Waals surface area contributed by atoms with Gasteiger partial charge in [-0.25, -0.2) is 0 Å². The topological polar surface area (TPSA) is 97.4 Å². The van der Waals surface area contributed by atoms with Crippen LogP contribution < -0.4 is 10.6 Å². The number of carbonyl (C=O) groups is 2. The molecule has 2 heterocycles. The molecule has 2 amide bonds. The summed E-state index contributed by atoms with van der Waals surface area (Å²) >= 11 is 3.14. The lowest BCUT2D eigenvalue weighted by atomic mass is 10.1. The molecule has 3 rings (SSSR count). The number of hydrogen-bond donors (Lipinski definition) is 2. The van der Waals surface area contributed by atoms with Gasteiger partial charge in [0.1, 0.15) is 11.4 Å². The number of anilines is 2. The molecule has 0 aliphatic rings. The molecular formula is C17H14BrN3O4. The Morgan fingerprint density at radius 1 is 1.08 bits per heavy atom. The first-order chi connectivity index (χ1) is 11.9. The summed E-state index contributed by atoms with van der Waals surface area (Å²) in [5.41, 5.74) is 2.00. The highest BCUT2D eigenvalue weighted by Crippen LogP contribution is 2.21. The minimum Gasteiger partial charge on any atom is -0.444 e. The van der Waals surface area contributed by atoms with Gasteiger partial charge >= 0.3 is 0 Å². The molecule has 25 heavy (non-hydrogen) atoms. The van der Waals surface area contributed by atoms with E-state index in [1.807, 2.05) is 0 Å². The lowest BCUT2D eigenvalue weighted by Crippen LogP contribution is -2.15. The molecular weight excluding hydrogens is 390 g/mol. The van der Waals surface area contributed by atoms with Gasteiger partial charge in [0.15, 0.2) is 16.2 Å². The molecule has 0 saturated carbocycles. The maximum absolute atomic E-state index is 12.4. The number of hydrogen-bond acceptors (Lipinski definition) is 5. The summed E-state index contributed by atoms with van der Waals surface area (Å²) in [5, 5.41) is 9.24. The van der Waals surface area contributed by atoms with Crippen LogP contribution in [0.1, 0.15) is 32.4 Å². The predicted molar refractivity (Wildman–Crippen MR) is 94.7 cm³/mol. The van der Waals surface area contributed by atoms with E-state index in [0.29, 0.717) is 33.1 Å². The molecule has 0 atom stereocenters. The van der Waals surface area contributed by atoms with Crippen LogP contribution >= 0.6 is 15.9 Å². The van der Waals surface area contributed by atoms with E-state index in [1.165, 1.54) is 0 Å². The quantitative estimate of drug-likeness (QED) is 0.681. The van der Waals surface area contributed by atoms with E-state index >= 15 is 0 Å². The molecule has 128 valence electrons. The fourth-order valence-corrected chi connectivity index (χ4v) is 2.52. The Bertz CT molecular complexity index is 926. The number of amides is 2. The zero-order valence-corrected chi connectivity index (χ0v) is 15.0. The van der Waals surface area contributed by atoms with Crippen molar-refractivity contribution in [2.75, 3.05) is 10.6 Å². The van der Waals surface area contributed by atoms with Crippen LogP contribution in [-0.4, -0.2) is 17.0 Å². The van der Waals surface area contributed by atoms with Crippen LogP contribution in [-0.2, 0) is 0 Å². The fraction of sp³-hybridized carbons (Fsp3) is 0.118. The van der Waals surface area contributed by atoms with Crippen LogP contribution in [0.25, 0.3) is 0 Å². The van der Waals surface area contributed by atoms with Crippen LogP contribution in [0, 0.1) is 13.8 Å². The molecule has 2 N–H and O–H groups in total. The third-order valence-corrected chi connectivity index (χ3v) is 3.88. The van der Waals surface area contributed by atoms with E-state index in [-0.39, 0.29) is 11.7 Å². The Hall–Kier alpha value is -2.87. The van der Waals surface area contributed by atoms with Gasteiger partial charge in [-0.15, -0.1) is 0 Å². The van der Waals surface area contributed by atoms with Crippen LogP contribution in [0.4, 0.5) is 11.4 Å². The Labute approximate surface area is 151 Å². The number of nitrogens with one attached hydrogen (secondary N) is 2. The predicted octanol–water partition coefficient (Wildman–Crippen LogP) is 4.15. The normalized spacial score (nSPS) is 10.5. The molecule has 1 aromatic carbocycles. The number of benzene rings is 1. The average molecular weight is 404 g/mol. The molecule has 0 saturated heterocycles. The molecule has 0 spiro atoms. The molecule has 7 nitrogen and oxygen atoms in total. The maximum atomic E-state index is 12.4. The van der Waals surface area contributed by atoms with Crippen molar-refractivity contribution in [3.8, 4) is 0 Å². The molecule has 3 aromatic rings. The minimum absolute atomic E-state index is 0.164. The van der Waals surface area contributed by atoms with Crippen molar-refractivity contribution in [1.82, 2.24) is 5.16 Å². The van der Waals surface area contributed by atoms with Gasteiger partial charge in [0.2, 0.25) is 0 Å². The first-order valence-corrected chi connectivity index (χ1v) is 8.14. The summed E-state index contributed by atoms with van der Waals surface area (Å²) in [6.07, 6.45) is 0. The van der Waals surface area contributed by atoms with Crippen LogP contribution in [0.3, 0.4) is 0 Å². The van der Waals surface area contributed by atoms with Crippen LogP contribution in [0.2, 0.25) is 0 Å². The van der Waals surface area contributed by atoms with E-state index in [4.69, 9.17) is 8.94 Å². The lowest BCUT2D eigenvalue weighted by Gasteiger charge is -2.07. The highest BCUT2D eigenvalue weighted by Gasteiger charge is 2.15. The minimum atomic E-state index is -0.408. The molecule has 0 unspecified atom stereocenters. The molecule has 8 heteroatoms. The number of aryl methyl sites for hydroxylation is 2. The van der Waals surface area contributed by atoms with Gasteiger partial charge in [0.05, 0.1) is 0 Å². The standard InChI is InChI=1S/C17H14BrN3O4/c1-9-15(10(2)25-21-9)20-16(22)11-4-3-5-12(8-11)19-17(23)13-6-7-14(18)24-13/h3-8H,1-2H3,(H,19,23)(H,20,22). The SMILES string of the molecule is Cc1noc(C)c1NC(=O)c1cccc(NC(=O)c2ccc(Br)o2)c1. The number of furan rings is 1. The van der Waals surface area contributed by atoms with Crippen molar-refractivity contribution in [3.05, 3.63) is 63.8 Å². The Morgan fingerprint density at radius 3 is 2.52 bits per heavy atom. The zero-order chi connectivity index (χ0) is 18.0. The fourth-order valence-electron chi connectivity index (χ4n) is 2.21. The third kappa shape index (κ3) is 3.80. The maximum Gasteiger partial charge on any atom is 0.291 e. The third-order valence-electron chi connectivity index (χ3n) is 3.45. The second-order valence-corrected chi connectivity index (χ2v) is 6.07. The monoisotopic (exact) mass is 403 g/mol. The van der Waals surface area contributed by atoms with Crippen molar-refractivity contribution >= 4 is 39.1 Å². The summed E-state index contributed by atoms with van der Waals surface area (Å²) in [5.74, 6) is -0.0450. The highest BCUT2D eigenvalue weighted by atomic mass is 79.9. The van der Waals surface area contributed by atoms with Crippen LogP contribution in [0.15, 0.2) is 50.0 Å². The van der Waals surface area contributed by atoms with Gasteiger partial charge in [-0.2, -0.15) is 0 Å². The van der Waals surface area contributed by atoms with E-state index in [1.54, 1.807) is 50.2 Å². The highest BCUT2D eigenvalue weighted by molar-refractivity contribution is 9.10. The first kappa shape index (κ1) is 17.0. The van der Waals surface area contributed by atoms with Crippen molar-refractivity contribution in [1.29, 1.82) is 0 Å². The van der Waals surface area contributed by atoms with Crippen molar-refractivity contribution < 1.29 is 18.5 Å². The molecule has 0 aliphatic carbocycles. The summed E-state index contributed by atoms with van der Waals surface area (Å²) < 4.78 is 10.7. The Kier molecular flexibility index (Phi) is 4.71. The van der Waals surface area contributed by atoms with Crippen LogP contribution in [0.5, 0.6) is 0 Å².